The van der Waals surface area contributed by atoms with Crippen LogP contribution in [0.5, 0.6) is 0 Å². The number of nitrogens with two attached hydrogens (primary N) is 1. The molecule has 2 aromatic rings. The van der Waals surface area contributed by atoms with Crippen molar-refractivity contribution in [1.82, 2.24) is 5.32 Å². The van der Waals surface area contributed by atoms with Gasteiger partial charge in [-0.3, -0.25) is 0 Å². The second-order valence-electron chi connectivity index (χ2n) is 3.97. The van der Waals surface area contributed by atoms with Gasteiger partial charge in [0.15, 0.2) is 0 Å². The van der Waals surface area contributed by atoms with Gasteiger partial charge in [-0.15, -0.1) is 0 Å². The summed E-state index contributed by atoms with van der Waals surface area (Å²) in [6.45, 7) is 1.73. The summed E-state index contributed by atoms with van der Waals surface area (Å²) in [6.07, 6.45) is 0. The Balaban J connectivity index is 1.83. The van der Waals surface area contributed by atoms with Gasteiger partial charge in [0.2, 0.25) is 0 Å². The van der Waals surface area contributed by atoms with Crippen LogP contribution in [0.25, 0.3) is 0 Å². The van der Waals surface area contributed by atoms with Crippen molar-refractivity contribution >= 4 is 21.6 Å². The number of rotatable bonds is 4. The third-order valence-corrected chi connectivity index (χ3v) is 3.08. The molecule has 2 rings (SSSR count). The van der Waals surface area contributed by atoms with Gasteiger partial charge in [-0.25, -0.2) is 0 Å². The van der Waals surface area contributed by atoms with E-state index in [0.29, 0.717) is 0 Å². The highest BCUT2D eigenvalue weighted by Gasteiger charge is 1.94. The lowest BCUT2D eigenvalue weighted by Crippen LogP contribution is -2.12. The van der Waals surface area contributed by atoms with E-state index in [0.717, 1.165) is 23.2 Å². The predicted octanol–water partition coefficient (Wildman–Crippen LogP) is 3.32. The number of anilines is 1. The molecule has 0 spiro atoms. The maximum absolute atomic E-state index is 5.64. The number of hydrogen-bond donors (Lipinski definition) is 2. The molecule has 0 aliphatic heterocycles. The van der Waals surface area contributed by atoms with E-state index in [1.54, 1.807) is 0 Å². The normalized spacial score (nSPS) is 10.4. The van der Waals surface area contributed by atoms with Crippen molar-refractivity contribution in [3.63, 3.8) is 0 Å². The van der Waals surface area contributed by atoms with E-state index in [2.05, 4.69) is 45.5 Å². The molecule has 0 fully saturated rings. The van der Waals surface area contributed by atoms with E-state index in [9.17, 15) is 0 Å². The van der Waals surface area contributed by atoms with Gasteiger partial charge in [-0.05, 0) is 35.4 Å². The molecule has 0 aliphatic rings. The van der Waals surface area contributed by atoms with Crippen LogP contribution in [0.15, 0.2) is 53.0 Å². The summed E-state index contributed by atoms with van der Waals surface area (Å²) in [7, 11) is 0. The van der Waals surface area contributed by atoms with Gasteiger partial charge in [0, 0.05) is 23.2 Å². The van der Waals surface area contributed by atoms with Crippen molar-refractivity contribution < 1.29 is 0 Å². The molecule has 3 heteroatoms. The van der Waals surface area contributed by atoms with Crippen LogP contribution in [0.2, 0.25) is 0 Å². The summed E-state index contributed by atoms with van der Waals surface area (Å²) < 4.78 is 1.11. The molecule has 3 N–H and O–H groups in total. The summed E-state index contributed by atoms with van der Waals surface area (Å²) in [5.41, 5.74) is 8.97. The van der Waals surface area contributed by atoms with Gasteiger partial charge in [0.25, 0.3) is 0 Å². The number of nitrogens with one attached hydrogen (secondary N) is 1. The van der Waals surface area contributed by atoms with Crippen molar-refractivity contribution in [2.24, 2.45) is 0 Å². The first-order valence-corrected chi connectivity index (χ1v) is 6.33. The fourth-order valence-corrected chi connectivity index (χ4v) is 1.85. The summed E-state index contributed by atoms with van der Waals surface area (Å²) >= 11 is 3.42. The summed E-state index contributed by atoms with van der Waals surface area (Å²) in [4.78, 5) is 0. The van der Waals surface area contributed by atoms with Crippen LogP contribution in [0.4, 0.5) is 5.69 Å². The minimum absolute atomic E-state index is 0.807. The predicted molar refractivity (Wildman–Crippen MR) is 75.5 cm³/mol. The number of halogens is 1. The summed E-state index contributed by atoms with van der Waals surface area (Å²) in [5.74, 6) is 0. The molecular formula is C14H15BrN2. The molecular weight excluding hydrogens is 276 g/mol. The molecule has 0 aliphatic carbocycles. The molecule has 0 radical (unpaired) electrons. The highest BCUT2D eigenvalue weighted by Crippen LogP contribution is 2.10. The molecule has 0 saturated carbocycles. The van der Waals surface area contributed by atoms with Crippen LogP contribution < -0.4 is 11.1 Å². The molecule has 0 heterocycles. The summed E-state index contributed by atoms with van der Waals surface area (Å²) in [5, 5.41) is 3.40. The zero-order chi connectivity index (χ0) is 12.1. The average Bonchev–Trinajstić information content (AvgIpc) is 2.34. The van der Waals surface area contributed by atoms with E-state index in [-0.39, 0.29) is 0 Å². The maximum atomic E-state index is 5.64. The van der Waals surface area contributed by atoms with E-state index < -0.39 is 0 Å². The number of nitrogen functional groups attached to an aromatic ring is 1. The van der Waals surface area contributed by atoms with Gasteiger partial charge < -0.3 is 11.1 Å². The zero-order valence-electron chi connectivity index (χ0n) is 9.49. The van der Waals surface area contributed by atoms with Gasteiger partial charge >= 0.3 is 0 Å². The molecule has 17 heavy (non-hydrogen) atoms. The molecule has 2 nitrogen and oxygen atoms in total. The Hall–Kier alpha value is -1.32. The Kier molecular flexibility index (Phi) is 4.18. The third-order valence-electron chi connectivity index (χ3n) is 2.55. The third kappa shape index (κ3) is 3.88. The van der Waals surface area contributed by atoms with E-state index in [4.69, 9.17) is 5.73 Å². The van der Waals surface area contributed by atoms with Gasteiger partial charge in [-0.1, -0.05) is 40.2 Å². The number of benzene rings is 2. The van der Waals surface area contributed by atoms with Gasteiger partial charge in [0.05, 0.1) is 0 Å². The Bertz CT molecular complexity index is 417. The standard InChI is InChI=1S/C14H15BrN2/c15-13-5-1-11(2-6-13)9-17-10-12-3-7-14(16)8-4-12/h1-8,17H,9-10,16H2. The fraction of sp³-hybridized carbons (Fsp3) is 0.143. The first-order chi connectivity index (χ1) is 8.24. The lowest BCUT2D eigenvalue weighted by molar-refractivity contribution is 0.693. The van der Waals surface area contributed by atoms with Gasteiger partial charge in [0.1, 0.15) is 0 Å². The minimum atomic E-state index is 0.807. The molecule has 88 valence electrons. The topological polar surface area (TPSA) is 38.0 Å². The quantitative estimate of drug-likeness (QED) is 0.848. The largest absolute Gasteiger partial charge is 0.399 e. The van der Waals surface area contributed by atoms with Crippen LogP contribution in [0, 0.1) is 0 Å². The van der Waals surface area contributed by atoms with E-state index in [1.165, 1.54) is 11.1 Å². The van der Waals surface area contributed by atoms with E-state index in [1.807, 2.05) is 24.3 Å². The Morgan fingerprint density at radius 2 is 1.29 bits per heavy atom. The highest BCUT2D eigenvalue weighted by atomic mass is 79.9. The molecule has 0 bridgehead atoms. The first kappa shape index (κ1) is 12.1. The minimum Gasteiger partial charge on any atom is -0.399 e. The van der Waals surface area contributed by atoms with Crippen LogP contribution in [0.3, 0.4) is 0 Å². The second kappa shape index (κ2) is 5.84. The number of hydrogen-bond acceptors (Lipinski definition) is 2. The SMILES string of the molecule is Nc1ccc(CNCc2ccc(Br)cc2)cc1. The highest BCUT2D eigenvalue weighted by molar-refractivity contribution is 9.10. The van der Waals surface area contributed by atoms with Crippen molar-refractivity contribution in [3.05, 3.63) is 64.1 Å². The first-order valence-electron chi connectivity index (χ1n) is 5.53. The fourth-order valence-electron chi connectivity index (χ4n) is 1.59. The smallest absolute Gasteiger partial charge is 0.0314 e. The molecule has 0 atom stereocenters. The van der Waals surface area contributed by atoms with E-state index >= 15 is 0 Å². The lowest BCUT2D eigenvalue weighted by atomic mass is 10.2. The summed E-state index contributed by atoms with van der Waals surface area (Å²) in [6, 6.07) is 16.3. The zero-order valence-corrected chi connectivity index (χ0v) is 11.1. The van der Waals surface area contributed by atoms with Crippen molar-refractivity contribution in [1.29, 1.82) is 0 Å². The molecule has 0 amide bonds. The molecule has 0 aromatic heterocycles. The van der Waals surface area contributed by atoms with Crippen molar-refractivity contribution in [2.75, 3.05) is 5.73 Å². The van der Waals surface area contributed by atoms with Crippen molar-refractivity contribution in [3.8, 4) is 0 Å². The molecule has 0 unspecified atom stereocenters. The lowest BCUT2D eigenvalue weighted by Gasteiger charge is -2.05. The molecule has 2 aromatic carbocycles. The molecule has 0 saturated heterocycles. The van der Waals surface area contributed by atoms with Crippen LogP contribution in [0.1, 0.15) is 11.1 Å². The average molecular weight is 291 g/mol. The van der Waals surface area contributed by atoms with Crippen molar-refractivity contribution in [2.45, 2.75) is 13.1 Å². The second-order valence-corrected chi connectivity index (χ2v) is 4.89. The van der Waals surface area contributed by atoms with Gasteiger partial charge in [-0.2, -0.15) is 0 Å². The Morgan fingerprint density at radius 1 is 0.824 bits per heavy atom. The Morgan fingerprint density at radius 3 is 1.82 bits per heavy atom. The van der Waals surface area contributed by atoms with Crippen LogP contribution >= 0.6 is 15.9 Å². The van der Waals surface area contributed by atoms with Crippen LogP contribution in [-0.2, 0) is 13.1 Å². The maximum Gasteiger partial charge on any atom is 0.0314 e. The monoisotopic (exact) mass is 290 g/mol. The van der Waals surface area contributed by atoms with Crippen LogP contribution in [-0.4, -0.2) is 0 Å². The Labute approximate surface area is 110 Å².